The molecular weight excluding hydrogens is 354 g/mol. The Labute approximate surface area is 165 Å². The van der Waals surface area contributed by atoms with Crippen LogP contribution in [0, 0.1) is 19.8 Å². The van der Waals surface area contributed by atoms with Gasteiger partial charge < -0.3 is 4.84 Å². The number of Topliss-reactive ketones (excluding diaryl/α,β-unsaturated/α-hetero) is 3. The molecule has 2 aliphatic carbocycles. The highest BCUT2D eigenvalue weighted by Gasteiger charge is 2.40. The first-order chi connectivity index (χ1) is 13.4. The highest BCUT2D eigenvalue weighted by atomic mass is 16.6. The monoisotopic (exact) mass is 381 g/mol. The molecule has 0 amide bonds. The second-order valence-electron chi connectivity index (χ2n) is 7.68. The maximum absolute atomic E-state index is 12.9. The first-order valence-corrected chi connectivity index (χ1v) is 9.90. The van der Waals surface area contributed by atoms with Crippen molar-refractivity contribution in [3.05, 3.63) is 46.5 Å². The smallest absolute Gasteiger partial charge is 0.163 e. The van der Waals surface area contributed by atoms with Crippen LogP contribution in [0.2, 0.25) is 0 Å². The van der Waals surface area contributed by atoms with Crippen LogP contribution >= 0.6 is 0 Å². The number of benzene rings is 1. The maximum atomic E-state index is 12.9. The third kappa shape index (κ3) is 3.58. The highest BCUT2D eigenvalue weighted by Crippen LogP contribution is 2.39. The standard InChI is InChI=1S/C23H27NO4/c1-5-9-28-24-17(6-2)23-19(26)11-16(12-20(23)27)21-13(3)10-15-7-8-18(25)22(15)14(21)4/h5,10,16,23H,1,6-9,11-12H2,2-4H3. The molecule has 0 radical (unpaired) electrons. The molecule has 1 aromatic carbocycles. The number of carbonyl (C=O) groups excluding carboxylic acids is 3. The Morgan fingerprint density at radius 2 is 1.89 bits per heavy atom. The third-order valence-electron chi connectivity index (χ3n) is 5.83. The number of oxime groups is 1. The van der Waals surface area contributed by atoms with Crippen LogP contribution in [0.25, 0.3) is 0 Å². The largest absolute Gasteiger partial charge is 0.392 e. The van der Waals surface area contributed by atoms with E-state index in [-0.39, 0.29) is 42.7 Å². The lowest BCUT2D eigenvalue weighted by Crippen LogP contribution is -2.38. The van der Waals surface area contributed by atoms with E-state index in [0.717, 1.165) is 34.2 Å². The van der Waals surface area contributed by atoms with Crippen LogP contribution in [0.4, 0.5) is 0 Å². The van der Waals surface area contributed by atoms with Crippen molar-refractivity contribution >= 4 is 23.1 Å². The summed E-state index contributed by atoms with van der Waals surface area (Å²) in [6, 6.07) is 2.06. The second-order valence-corrected chi connectivity index (χ2v) is 7.68. The Morgan fingerprint density at radius 1 is 1.21 bits per heavy atom. The molecule has 2 aliphatic rings. The molecule has 1 saturated carbocycles. The van der Waals surface area contributed by atoms with Crippen LogP contribution < -0.4 is 0 Å². The summed E-state index contributed by atoms with van der Waals surface area (Å²) in [4.78, 5) is 43.2. The number of carbonyl (C=O) groups is 3. The van der Waals surface area contributed by atoms with Gasteiger partial charge in [0.05, 0.1) is 5.71 Å². The Bertz CT molecular complexity index is 863. The number of aryl methyl sites for hydroxylation is 2. The predicted molar refractivity (Wildman–Crippen MR) is 108 cm³/mol. The normalized spacial score (nSPS) is 22.4. The van der Waals surface area contributed by atoms with Gasteiger partial charge in [-0.1, -0.05) is 30.8 Å². The third-order valence-corrected chi connectivity index (χ3v) is 5.83. The zero-order valence-corrected chi connectivity index (χ0v) is 16.8. The van der Waals surface area contributed by atoms with E-state index >= 15 is 0 Å². The van der Waals surface area contributed by atoms with Gasteiger partial charge in [-0.3, -0.25) is 14.4 Å². The van der Waals surface area contributed by atoms with Gasteiger partial charge in [-0.2, -0.15) is 0 Å². The summed E-state index contributed by atoms with van der Waals surface area (Å²) in [6.07, 6.45) is 3.94. The molecule has 3 rings (SSSR count). The Balaban J connectivity index is 1.89. The topological polar surface area (TPSA) is 72.8 Å². The molecule has 1 fully saturated rings. The van der Waals surface area contributed by atoms with E-state index in [1.165, 1.54) is 0 Å². The Hall–Kier alpha value is -2.56. The minimum Gasteiger partial charge on any atom is -0.392 e. The van der Waals surface area contributed by atoms with Crippen molar-refractivity contribution in [3.8, 4) is 0 Å². The van der Waals surface area contributed by atoms with Crippen molar-refractivity contribution in [2.75, 3.05) is 6.61 Å². The molecule has 0 saturated heterocycles. The number of fused-ring (bicyclic) bond motifs is 1. The summed E-state index contributed by atoms with van der Waals surface area (Å²) in [5, 5.41) is 4.01. The molecule has 5 heteroatoms. The van der Waals surface area contributed by atoms with E-state index in [4.69, 9.17) is 4.84 Å². The lowest BCUT2D eigenvalue weighted by molar-refractivity contribution is -0.133. The van der Waals surface area contributed by atoms with Crippen LogP contribution in [0.15, 0.2) is 23.9 Å². The number of hydrogen-bond acceptors (Lipinski definition) is 5. The zero-order valence-electron chi connectivity index (χ0n) is 16.8. The SMILES string of the molecule is C=CCON=C(CC)C1C(=O)CC(c2c(C)cc3c(c2C)C(=O)CC3)CC1=O. The van der Waals surface area contributed by atoms with Crippen molar-refractivity contribution in [1.29, 1.82) is 0 Å². The quantitative estimate of drug-likeness (QED) is 0.245. The molecule has 0 bridgehead atoms. The van der Waals surface area contributed by atoms with E-state index in [2.05, 4.69) is 17.8 Å². The Morgan fingerprint density at radius 3 is 2.50 bits per heavy atom. The fraction of sp³-hybridized carbons (Fsp3) is 0.478. The Kier molecular flexibility index (Phi) is 5.92. The van der Waals surface area contributed by atoms with E-state index in [9.17, 15) is 14.4 Å². The molecule has 0 N–H and O–H groups in total. The molecule has 0 heterocycles. The van der Waals surface area contributed by atoms with Crippen molar-refractivity contribution in [2.24, 2.45) is 11.1 Å². The fourth-order valence-corrected chi connectivity index (χ4v) is 4.71. The van der Waals surface area contributed by atoms with Crippen LogP contribution in [-0.2, 0) is 20.8 Å². The van der Waals surface area contributed by atoms with E-state index in [1.807, 2.05) is 20.8 Å². The molecule has 0 aromatic heterocycles. The van der Waals surface area contributed by atoms with E-state index in [0.29, 0.717) is 18.6 Å². The number of hydrogen-bond donors (Lipinski definition) is 0. The summed E-state index contributed by atoms with van der Waals surface area (Å²) < 4.78 is 0. The number of rotatable bonds is 6. The minimum absolute atomic E-state index is 0.116. The van der Waals surface area contributed by atoms with Crippen LogP contribution in [0.5, 0.6) is 0 Å². The lowest BCUT2D eigenvalue weighted by Gasteiger charge is -2.29. The van der Waals surface area contributed by atoms with Crippen molar-refractivity contribution in [3.63, 3.8) is 0 Å². The van der Waals surface area contributed by atoms with Gasteiger partial charge in [0.2, 0.25) is 0 Å². The van der Waals surface area contributed by atoms with Gasteiger partial charge in [0.15, 0.2) is 5.78 Å². The minimum atomic E-state index is -0.817. The molecule has 148 valence electrons. The van der Waals surface area contributed by atoms with Crippen molar-refractivity contribution < 1.29 is 19.2 Å². The number of ketones is 3. The maximum Gasteiger partial charge on any atom is 0.163 e. The van der Waals surface area contributed by atoms with Gasteiger partial charge >= 0.3 is 0 Å². The first kappa shape index (κ1) is 20.2. The zero-order chi connectivity index (χ0) is 20.4. The predicted octanol–water partition coefficient (Wildman–Crippen LogP) is 4.03. The van der Waals surface area contributed by atoms with Gasteiger partial charge in [-0.05, 0) is 54.9 Å². The van der Waals surface area contributed by atoms with Gasteiger partial charge in [-0.15, -0.1) is 0 Å². The van der Waals surface area contributed by atoms with Gasteiger partial charge in [-0.25, -0.2) is 0 Å². The van der Waals surface area contributed by atoms with Crippen LogP contribution in [0.1, 0.15) is 71.1 Å². The average molecular weight is 381 g/mol. The van der Waals surface area contributed by atoms with Crippen molar-refractivity contribution in [1.82, 2.24) is 0 Å². The average Bonchev–Trinajstić information content (AvgIpc) is 3.00. The molecule has 1 aromatic rings. The fourth-order valence-electron chi connectivity index (χ4n) is 4.71. The molecule has 0 atom stereocenters. The molecule has 0 aliphatic heterocycles. The summed E-state index contributed by atoms with van der Waals surface area (Å²) in [5.41, 5.74) is 5.37. The van der Waals surface area contributed by atoms with Crippen molar-refractivity contribution in [2.45, 2.75) is 58.8 Å². The molecule has 28 heavy (non-hydrogen) atoms. The summed E-state index contributed by atoms with van der Waals surface area (Å²) in [6.45, 7) is 9.63. The highest BCUT2D eigenvalue weighted by molar-refractivity contribution is 6.22. The molecule has 0 unspecified atom stereocenters. The number of nitrogens with zero attached hydrogens (tertiary/aromatic N) is 1. The van der Waals surface area contributed by atoms with Gasteiger partial charge in [0.1, 0.15) is 24.1 Å². The summed E-state index contributed by atoms with van der Waals surface area (Å²) in [5.74, 6) is -1.06. The van der Waals surface area contributed by atoms with E-state index in [1.54, 1.807) is 6.08 Å². The van der Waals surface area contributed by atoms with Crippen LogP contribution in [-0.4, -0.2) is 29.7 Å². The molecule has 0 spiro atoms. The lowest BCUT2D eigenvalue weighted by atomic mass is 9.72. The molecular formula is C23H27NO4. The second kappa shape index (κ2) is 8.21. The van der Waals surface area contributed by atoms with Crippen LogP contribution in [0.3, 0.4) is 0 Å². The molecule has 5 nitrogen and oxygen atoms in total. The summed E-state index contributed by atoms with van der Waals surface area (Å²) in [7, 11) is 0. The van der Waals surface area contributed by atoms with Gasteiger partial charge in [0, 0.05) is 24.8 Å². The van der Waals surface area contributed by atoms with E-state index < -0.39 is 5.92 Å². The first-order valence-electron chi connectivity index (χ1n) is 9.90. The van der Waals surface area contributed by atoms with Gasteiger partial charge in [0.25, 0.3) is 0 Å². The summed E-state index contributed by atoms with van der Waals surface area (Å²) >= 11 is 0.